The van der Waals surface area contributed by atoms with Gasteiger partial charge in [0, 0.05) is 26.8 Å². The van der Waals surface area contributed by atoms with Gasteiger partial charge in [-0.05, 0) is 55.3 Å². The van der Waals surface area contributed by atoms with Crippen LogP contribution in [0.5, 0.6) is 0 Å². The van der Waals surface area contributed by atoms with Gasteiger partial charge in [-0.1, -0.05) is 46.9 Å². The van der Waals surface area contributed by atoms with Gasteiger partial charge in [-0.2, -0.15) is 0 Å². The number of halogens is 3. The summed E-state index contributed by atoms with van der Waals surface area (Å²) in [6.45, 7) is 3.27. The molecule has 26 heavy (non-hydrogen) atoms. The minimum atomic E-state index is -0.980. The van der Waals surface area contributed by atoms with Crippen LogP contribution in [0.4, 0.5) is 5.69 Å². The van der Waals surface area contributed by atoms with E-state index in [0.717, 1.165) is 5.56 Å². The number of esters is 1. The summed E-state index contributed by atoms with van der Waals surface area (Å²) >= 11 is 17.9. The molecule has 7 heteroatoms. The molecule has 0 radical (unpaired) electrons. The molecule has 0 heterocycles. The lowest BCUT2D eigenvalue weighted by molar-refractivity contribution is -0.148. The van der Waals surface area contributed by atoms with E-state index >= 15 is 0 Å². The summed E-state index contributed by atoms with van der Waals surface area (Å²) in [7, 11) is 0. The Kier molecular flexibility index (Phi) is 7.09. The summed E-state index contributed by atoms with van der Waals surface area (Å²) in [5.74, 6) is -1.12. The number of amides is 1. The molecule has 0 aromatic heterocycles. The highest BCUT2D eigenvalue weighted by Crippen LogP contribution is 2.23. The molecule has 1 amide bonds. The summed E-state index contributed by atoms with van der Waals surface area (Å²) < 4.78 is 5.10. The topological polar surface area (TPSA) is 55.4 Å². The van der Waals surface area contributed by atoms with Gasteiger partial charge in [0.1, 0.15) is 0 Å². The van der Waals surface area contributed by atoms with Crippen LogP contribution in [-0.4, -0.2) is 18.0 Å². The van der Waals surface area contributed by atoms with E-state index in [9.17, 15) is 9.59 Å². The zero-order valence-corrected chi connectivity index (χ0v) is 16.3. The van der Waals surface area contributed by atoms with Crippen LogP contribution < -0.4 is 5.32 Å². The van der Waals surface area contributed by atoms with Crippen molar-refractivity contribution in [1.29, 1.82) is 0 Å². The van der Waals surface area contributed by atoms with E-state index in [1.807, 2.05) is 0 Å². The van der Waals surface area contributed by atoms with Crippen molar-refractivity contribution < 1.29 is 14.3 Å². The lowest BCUT2D eigenvalue weighted by Crippen LogP contribution is -2.29. The fraction of sp³-hybridized carbons (Fsp3) is 0.158. The van der Waals surface area contributed by atoms with Crippen LogP contribution in [0, 0.1) is 6.92 Å². The monoisotopic (exact) mass is 411 g/mol. The predicted molar refractivity (Wildman–Crippen MR) is 106 cm³/mol. The molecule has 2 aromatic rings. The normalized spacial score (nSPS) is 12.0. The van der Waals surface area contributed by atoms with Crippen molar-refractivity contribution in [3.63, 3.8) is 0 Å². The van der Waals surface area contributed by atoms with E-state index in [2.05, 4.69) is 5.32 Å². The van der Waals surface area contributed by atoms with Crippen molar-refractivity contribution in [3.05, 3.63) is 68.7 Å². The SMILES string of the molecule is Cc1c(Cl)cccc1NC(=O)[C@@H](C)OC(=O)/C=C/c1ccc(Cl)cc1Cl. The standard InChI is InChI=1S/C19H16Cl3NO3/c1-11-15(21)4-3-5-17(11)23-19(25)12(2)26-18(24)9-7-13-6-8-14(20)10-16(13)22/h3-10,12H,1-2H3,(H,23,25)/b9-7+/t12-/m1/s1. The zero-order chi connectivity index (χ0) is 19.3. The Hall–Kier alpha value is -2.01. The largest absolute Gasteiger partial charge is 0.449 e. The maximum Gasteiger partial charge on any atom is 0.331 e. The maximum atomic E-state index is 12.2. The molecule has 0 aliphatic carbocycles. The molecule has 0 saturated carbocycles. The van der Waals surface area contributed by atoms with Gasteiger partial charge >= 0.3 is 5.97 Å². The van der Waals surface area contributed by atoms with Gasteiger partial charge in [-0.3, -0.25) is 4.79 Å². The molecule has 0 aliphatic heterocycles. The molecule has 4 nitrogen and oxygen atoms in total. The summed E-state index contributed by atoms with van der Waals surface area (Å²) in [4.78, 5) is 24.1. The predicted octanol–water partition coefficient (Wildman–Crippen LogP) is 5.54. The summed E-state index contributed by atoms with van der Waals surface area (Å²) in [5, 5.41) is 4.12. The number of benzene rings is 2. The highest BCUT2D eigenvalue weighted by molar-refractivity contribution is 6.35. The molecule has 2 aromatic carbocycles. The van der Waals surface area contributed by atoms with Gasteiger partial charge < -0.3 is 10.1 Å². The summed E-state index contributed by atoms with van der Waals surface area (Å²) in [6, 6.07) is 10.1. The van der Waals surface area contributed by atoms with Gasteiger partial charge in [0.15, 0.2) is 6.10 Å². The van der Waals surface area contributed by atoms with Crippen LogP contribution in [0.2, 0.25) is 15.1 Å². The smallest absolute Gasteiger partial charge is 0.331 e. The quantitative estimate of drug-likeness (QED) is 0.518. The number of hydrogen-bond donors (Lipinski definition) is 1. The highest BCUT2D eigenvalue weighted by atomic mass is 35.5. The fourth-order valence-electron chi connectivity index (χ4n) is 2.04. The first-order valence-electron chi connectivity index (χ1n) is 7.67. The van der Waals surface area contributed by atoms with E-state index in [-0.39, 0.29) is 0 Å². The number of ether oxygens (including phenoxy) is 1. The van der Waals surface area contributed by atoms with Crippen LogP contribution in [0.1, 0.15) is 18.1 Å². The Bertz CT molecular complexity index is 865. The Morgan fingerprint density at radius 2 is 1.85 bits per heavy atom. The van der Waals surface area contributed by atoms with Gasteiger partial charge in [-0.25, -0.2) is 4.79 Å². The number of hydrogen-bond acceptors (Lipinski definition) is 3. The highest BCUT2D eigenvalue weighted by Gasteiger charge is 2.17. The third-order valence-corrected chi connectivity index (χ3v) is 4.52. The first-order valence-corrected chi connectivity index (χ1v) is 8.81. The molecular weight excluding hydrogens is 397 g/mol. The molecule has 136 valence electrons. The first-order chi connectivity index (χ1) is 12.3. The van der Waals surface area contributed by atoms with E-state index in [4.69, 9.17) is 39.5 Å². The van der Waals surface area contributed by atoms with Crippen molar-refractivity contribution >= 4 is 58.4 Å². The minimum Gasteiger partial charge on any atom is -0.449 e. The minimum absolute atomic E-state index is 0.406. The molecule has 0 fully saturated rings. The molecule has 2 rings (SSSR count). The molecular formula is C19H16Cl3NO3. The average molecular weight is 413 g/mol. The number of rotatable bonds is 5. The van der Waals surface area contributed by atoms with Crippen molar-refractivity contribution in [3.8, 4) is 0 Å². The Morgan fingerprint density at radius 3 is 2.54 bits per heavy atom. The van der Waals surface area contributed by atoms with Gasteiger partial charge in [0.2, 0.25) is 0 Å². The van der Waals surface area contributed by atoms with Crippen molar-refractivity contribution in [2.45, 2.75) is 20.0 Å². The third-order valence-electron chi connectivity index (χ3n) is 3.55. The number of nitrogens with one attached hydrogen (secondary N) is 1. The Labute approximate surface area is 166 Å². The van der Waals surface area contributed by atoms with Gasteiger partial charge in [0.25, 0.3) is 5.91 Å². The van der Waals surface area contributed by atoms with Crippen molar-refractivity contribution in [2.24, 2.45) is 0 Å². The van der Waals surface area contributed by atoms with Crippen LogP contribution in [0.25, 0.3) is 6.08 Å². The van der Waals surface area contributed by atoms with Crippen LogP contribution in [0.3, 0.4) is 0 Å². The lowest BCUT2D eigenvalue weighted by atomic mass is 10.2. The zero-order valence-electron chi connectivity index (χ0n) is 14.1. The summed E-state index contributed by atoms with van der Waals surface area (Å²) in [6.07, 6.45) is 1.71. The number of anilines is 1. The Balaban J connectivity index is 1.96. The molecule has 0 unspecified atom stereocenters. The fourth-order valence-corrected chi connectivity index (χ4v) is 2.68. The molecule has 1 N–H and O–H groups in total. The van der Waals surface area contributed by atoms with E-state index < -0.39 is 18.0 Å². The number of carbonyl (C=O) groups is 2. The second-order valence-electron chi connectivity index (χ2n) is 5.48. The molecule has 0 spiro atoms. The van der Waals surface area contributed by atoms with Crippen molar-refractivity contribution in [2.75, 3.05) is 5.32 Å². The van der Waals surface area contributed by atoms with Crippen molar-refractivity contribution in [1.82, 2.24) is 0 Å². The molecule has 1 atom stereocenters. The van der Waals surface area contributed by atoms with E-state index in [0.29, 0.717) is 26.3 Å². The van der Waals surface area contributed by atoms with E-state index in [1.165, 1.54) is 19.1 Å². The second kappa shape index (κ2) is 9.08. The van der Waals surface area contributed by atoms with E-state index in [1.54, 1.807) is 43.3 Å². The average Bonchev–Trinajstić information content (AvgIpc) is 2.58. The van der Waals surface area contributed by atoms with Gasteiger partial charge in [-0.15, -0.1) is 0 Å². The molecule has 0 aliphatic rings. The van der Waals surface area contributed by atoms with Crippen LogP contribution in [0.15, 0.2) is 42.5 Å². The van der Waals surface area contributed by atoms with Crippen LogP contribution >= 0.6 is 34.8 Å². The first kappa shape index (κ1) is 20.3. The third kappa shape index (κ3) is 5.49. The van der Waals surface area contributed by atoms with Gasteiger partial charge in [0.05, 0.1) is 0 Å². The molecule has 0 bridgehead atoms. The second-order valence-corrected chi connectivity index (χ2v) is 6.73. The maximum absolute atomic E-state index is 12.2. The number of carbonyl (C=O) groups excluding carboxylic acids is 2. The lowest BCUT2D eigenvalue weighted by Gasteiger charge is -2.14. The Morgan fingerprint density at radius 1 is 1.12 bits per heavy atom. The molecule has 0 saturated heterocycles. The summed E-state index contributed by atoms with van der Waals surface area (Å²) in [5.41, 5.74) is 1.91. The van der Waals surface area contributed by atoms with Crippen LogP contribution in [-0.2, 0) is 14.3 Å².